The molecule has 0 amide bonds. The molecule has 0 spiro atoms. The van der Waals surface area contributed by atoms with Gasteiger partial charge in [-0.05, 0) is 24.6 Å². The molecular weight excluding hydrogens is 155 g/mol. The zero-order valence-electron chi connectivity index (χ0n) is 6.71. The van der Waals surface area contributed by atoms with Gasteiger partial charge in [-0.1, -0.05) is 12.1 Å². The third-order valence-corrected chi connectivity index (χ3v) is 1.63. The highest BCUT2D eigenvalue weighted by Crippen LogP contribution is 2.12. The third kappa shape index (κ3) is 1.96. The van der Waals surface area contributed by atoms with Crippen molar-refractivity contribution in [2.45, 2.75) is 13.0 Å². The van der Waals surface area contributed by atoms with Crippen molar-refractivity contribution in [1.29, 1.82) is 5.26 Å². The summed E-state index contributed by atoms with van der Waals surface area (Å²) in [6.07, 6.45) is 1.81. The number of halogens is 1. The number of nitrogens with zero attached hydrogens (tertiary/aromatic N) is 1. The predicted molar refractivity (Wildman–Crippen MR) is 43.6 cm³/mol. The van der Waals surface area contributed by atoms with Crippen LogP contribution in [0.2, 0.25) is 0 Å². The molecule has 0 heterocycles. The van der Waals surface area contributed by atoms with Crippen molar-refractivity contribution in [2.24, 2.45) is 0 Å². The van der Waals surface area contributed by atoms with Crippen LogP contribution in [-0.2, 0) is 0 Å². The molecule has 1 atom stereocenters. The Morgan fingerprint density at radius 3 is 2.92 bits per heavy atom. The minimum absolute atomic E-state index is 0.134. The maximum absolute atomic E-state index is 12.7. The van der Waals surface area contributed by atoms with Crippen LogP contribution in [-0.4, -0.2) is 0 Å². The molecule has 0 bridgehead atoms. The third-order valence-electron chi connectivity index (χ3n) is 1.63. The molecule has 0 aliphatic rings. The van der Waals surface area contributed by atoms with Gasteiger partial charge in [-0.25, -0.2) is 4.39 Å². The fraction of sp³-hybridized carbons (Fsp3) is 0.222. The number of rotatable bonds is 2. The molecule has 1 N–H and O–H groups in total. The summed E-state index contributed by atoms with van der Waals surface area (Å²) in [5.41, 5.74) is 0.775. The van der Waals surface area contributed by atoms with Gasteiger partial charge in [0.1, 0.15) is 5.82 Å². The van der Waals surface area contributed by atoms with Crippen molar-refractivity contribution in [3.05, 3.63) is 35.6 Å². The van der Waals surface area contributed by atoms with E-state index in [1.807, 2.05) is 6.19 Å². The molecule has 3 heteroatoms. The zero-order chi connectivity index (χ0) is 8.97. The second-order valence-electron chi connectivity index (χ2n) is 2.53. The highest BCUT2D eigenvalue weighted by molar-refractivity contribution is 5.19. The van der Waals surface area contributed by atoms with E-state index in [4.69, 9.17) is 5.26 Å². The van der Waals surface area contributed by atoms with Crippen molar-refractivity contribution in [1.82, 2.24) is 5.32 Å². The Hall–Kier alpha value is -1.56. The number of nitriles is 1. The van der Waals surface area contributed by atoms with Crippen LogP contribution in [0.5, 0.6) is 0 Å². The van der Waals surface area contributed by atoms with Crippen LogP contribution >= 0.6 is 0 Å². The predicted octanol–water partition coefficient (Wildman–Crippen LogP) is 1.96. The fourth-order valence-electron chi connectivity index (χ4n) is 0.956. The molecule has 0 radical (unpaired) electrons. The van der Waals surface area contributed by atoms with E-state index in [0.29, 0.717) is 0 Å². The molecule has 2 nitrogen and oxygen atoms in total. The van der Waals surface area contributed by atoms with Gasteiger partial charge in [0.15, 0.2) is 6.19 Å². The smallest absolute Gasteiger partial charge is 0.177 e. The van der Waals surface area contributed by atoms with Crippen LogP contribution < -0.4 is 5.32 Å². The van der Waals surface area contributed by atoms with Gasteiger partial charge in [0.2, 0.25) is 0 Å². The molecule has 1 aromatic carbocycles. The summed E-state index contributed by atoms with van der Waals surface area (Å²) in [6, 6.07) is 6.06. The van der Waals surface area contributed by atoms with Gasteiger partial charge in [-0.3, -0.25) is 0 Å². The van der Waals surface area contributed by atoms with Crippen molar-refractivity contribution in [2.75, 3.05) is 0 Å². The molecule has 0 aliphatic carbocycles. The SMILES string of the molecule is C[C@@H](NC#N)c1cccc(F)c1. The molecular formula is C9H9FN2. The monoisotopic (exact) mass is 164 g/mol. The van der Waals surface area contributed by atoms with E-state index in [9.17, 15) is 4.39 Å². The molecule has 62 valence electrons. The van der Waals surface area contributed by atoms with Gasteiger partial charge in [-0.15, -0.1) is 0 Å². The van der Waals surface area contributed by atoms with Crippen molar-refractivity contribution < 1.29 is 4.39 Å². The Morgan fingerprint density at radius 1 is 1.58 bits per heavy atom. The Labute approximate surface area is 70.6 Å². The number of hydrogen-bond donors (Lipinski definition) is 1. The van der Waals surface area contributed by atoms with E-state index in [0.717, 1.165) is 5.56 Å². The van der Waals surface area contributed by atoms with Crippen molar-refractivity contribution >= 4 is 0 Å². The summed E-state index contributed by atoms with van der Waals surface area (Å²) < 4.78 is 12.7. The summed E-state index contributed by atoms with van der Waals surface area (Å²) in [7, 11) is 0. The van der Waals surface area contributed by atoms with Gasteiger partial charge >= 0.3 is 0 Å². The highest BCUT2D eigenvalue weighted by atomic mass is 19.1. The quantitative estimate of drug-likeness (QED) is 0.535. The minimum atomic E-state index is -0.279. The molecule has 0 aliphatic heterocycles. The van der Waals surface area contributed by atoms with Gasteiger partial charge in [0.05, 0.1) is 6.04 Å². The molecule has 1 rings (SSSR count). The lowest BCUT2D eigenvalue weighted by molar-refractivity contribution is 0.616. The summed E-state index contributed by atoms with van der Waals surface area (Å²) >= 11 is 0. The first-order valence-corrected chi connectivity index (χ1v) is 3.64. The topological polar surface area (TPSA) is 35.8 Å². The van der Waals surface area contributed by atoms with Crippen LogP contribution in [0.25, 0.3) is 0 Å². The summed E-state index contributed by atoms with van der Waals surface area (Å²) in [5.74, 6) is -0.279. The molecule has 0 saturated heterocycles. The van der Waals surface area contributed by atoms with Crippen LogP contribution in [0.3, 0.4) is 0 Å². The standard InChI is InChI=1S/C9H9FN2/c1-7(12-6-11)8-3-2-4-9(10)5-8/h2-5,7,12H,1H3/t7-/m1/s1. The summed E-state index contributed by atoms with van der Waals surface area (Å²) in [4.78, 5) is 0. The van der Waals surface area contributed by atoms with Crippen molar-refractivity contribution in [3.8, 4) is 6.19 Å². The fourth-order valence-corrected chi connectivity index (χ4v) is 0.956. The molecule has 0 saturated carbocycles. The van der Waals surface area contributed by atoms with Gasteiger partial charge in [0, 0.05) is 0 Å². The molecule has 1 aromatic rings. The Kier molecular flexibility index (Phi) is 2.65. The molecule has 12 heavy (non-hydrogen) atoms. The number of benzene rings is 1. The zero-order valence-corrected chi connectivity index (χ0v) is 6.71. The Bertz CT molecular complexity index is 304. The van der Waals surface area contributed by atoms with Crippen LogP contribution in [0.15, 0.2) is 24.3 Å². The Balaban J connectivity index is 2.82. The minimum Gasteiger partial charge on any atom is -0.317 e. The average Bonchev–Trinajstić information content (AvgIpc) is 2.05. The summed E-state index contributed by atoms with van der Waals surface area (Å²) in [5, 5.41) is 10.8. The van der Waals surface area contributed by atoms with Crippen LogP contribution in [0.4, 0.5) is 4.39 Å². The van der Waals surface area contributed by atoms with Gasteiger partial charge < -0.3 is 5.32 Å². The maximum atomic E-state index is 12.7. The molecule has 0 fully saturated rings. The molecule has 0 aromatic heterocycles. The largest absolute Gasteiger partial charge is 0.317 e. The summed E-state index contributed by atoms with van der Waals surface area (Å²) in [6.45, 7) is 1.80. The number of nitrogens with one attached hydrogen (secondary N) is 1. The van der Waals surface area contributed by atoms with Gasteiger partial charge in [0.25, 0.3) is 0 Å². The van der Waals surface area contributed by atoms with E-state index in [1.165, 1.54) is 12.1 Å². The first-order chi connectivity index (χ1) is 5.74. The van der Waals surface area contributed by atoms with E-state index >= 15 is 0 Å². The van der Waals surface area contributed by atoms with E-state index in [2.05, 4.69) is 5.32 Å². The van der Waals surface area contributed by atoms with Crippen molar-refractivity contribution in [3.63, 3.8) is 0 Å². The highest BCUT2D eigenvalue weighted by Gasteiger charge is 2.03. The maximum Gasteiger partial charge on any atom is 0.177 e. The lowest BCUT2D eigenvalue weighted by Gasteiger charge is -2.08. The lowest BCUT2D eigenvalue weighted by atomic mass is 10.1. The Morgan fingerprint density at radius 2 is 2.33 bits per heavy atom. The van der Waals surface area contributed by atoms with Gasteiger partial charge in [-0.2, -0.15) is 5.26 Å². The van der Waals surface area contributed by atoms with Crippen LogP contribution in [0, 0.1) is 17.3 Å². The second kappa shape index (κ2) is 3.72. The first kappa shape index (κ1) is 8.54. The number of hydrogen-bond acceptors (Lipinski definition) is 2. The van der Waals surface area contributed by atoms with Crippen LogP contribution in [0.1, 0.15) is 18.5 Å². The lowest BCUT2D eigenvalue weighted by Crippen LogP contribution is -2.11. The first-order valence-electron chi connectivity index (χ1n) is 3.64. The van der Waals surface area contributed by atoms with E-state index in [-0.39, 0.29) is 11.9 Å². The van der Waals surface area contributed by atoms with E-state index < -0.39 is 0 Å². The average molecular weight is 164 g/mol. The van der Waals surface area contributed by atoms with E-state index in [1.54, 1.807) is 19.1 Å². The second-order valence-corrected chi connectivity index (χ2v) is 2.53. The molecule has 0 unspecified atom stereocenters. The normalized spacial score (nSPS) is 11.8.